The number of aryl methyl sites for hydroxylation is 1. The summed E-state index contributed by atoms with van der Waals surface area (Å²) in [5, 5.41) is 0.617. The monoisotopic (exact) mass is 469 g/mol. The lowest BCUT2D eigenvalue weighted by atomic mass is 10.2. The predicted octanol–water partition coefficient (Wildman–Crippen LogP) is 3.48. The van der Waals surface area contributed by atoms with Gasteiger partial charge < -0.3 is 4.57 Å². The number of imidazole rings is 1. The van der Waals surface area contributed by atoms with E-state index in [1.54, 1.807) is 29.6 Å². The molecule has 0 radical (unpaired) electrons. The number of thiazole rings is 1. The molecule has 0 spiro atoms. The highest BCUT2D eigenvalue weighted by molar-refractivity contribution is 7.89. The van der Waals surface area contributed by atoms with E-state index < -0.39 is 10.0 Å². The Labute approximate surface area is 190 Å². The molecule has 2 aromatic carbocycles. The van der Waals surface area contributed by atoms with E-state index in [1.807, 2.05) is 35.0 Å². The van der Waals surface area contributed by atoms with Crippen molar-refractivity contribution in [3.05, 3.63) is 72.8 Å². The molecule has 0 bridgehead atoms. The van der Waals surface area contributed by atoms with Crippen LogP contribution in [0.25, 0.3) is 10.2 Å². The zero-order chi connectivity index (χ0) is 22.7. The highest BCUT2D eigenvalue weighted by Crippen LogP contribution is 2.30. The summed E-state index contributed by atoms with van der Waals surface area (Å²) in [4.78, 5) is 23.9. The van der Waals surface area contributed by atoms with E-state index in [4.69, 9.17) is 0 Å². The summed E-state index contributed by atoms with van der Waals surface area (Å²) < 4.78 is 28.8. The van der Waals surface area contributed by atoms with E-state index in [2.05, 4.69) is 9.97 Å². The molecule has 0 aliphatic heterocycles. The van der Waals surface area contributed by atoms with Crippen molar-refractivity contribution >= 4 is 42.6 Å². The van der Waals surface area contributed by atoms with Gasteiger partial charge in [-0.25, -0.2) is 22.7 Å². The molecule has 4 rings (SSSR count). The van der Waals surface area contributed by atoms with Gasteiger partial charge in [0, 0.05) is 45.1 Å². The number of sulfonamides is 1. The third kappa shape index (κ3) is 4.57. The van der Waals surface area contributed by atoms with Crippen LogP contribution < -0.4 is 4.90 Å². The Morgan fingerprint density at radius 2 is 1.84 bits per heavy atom. The van der Waals surface area contributed by atoms with Crippen LogP contribution >= 0.6 is 11.3 Å². The minimum atomic E-state index is -3.56. The van der Waals surface area contributed by atoms with Gasteiger partial charge in [-0.2, -0.15) is 0 Å². The number of hydrogen-bond acceptors (Lipinski definition) is 6. The van der Waals surface area contributed by atoms with Crippen molar-refractivity contribution in [2.24, 2.45) is 0 Å². The fourth-order valence-electron chi connectivity index (χ4n) is 3.23. The summed E-state index contributed by atoms with van der Waals surface area (Å²) in [5.74, 6) is -0.219. The lowest BCUT2D eigenvalue weighted by Crippen LogP contribution is -2.32. The second kappa shape index (κ2) is 9.19. The quantitative estimate of drug-likeness (QED) is 0.394. The van der Waals surface area contributed by atoms with Crippen molar-refractivity contribution in [1.29, 1.82) is 0 Å². The normalized spacial score (nSPS) is 11.8. The van der Waals surface area contributed by atoms with Crippen molar-refractivity contribution < 1.29 is 13.2 Å². The predicted molar refractivity (Wildman–Crippen MR) is 125 cm³/mol. The van der Waals surface area contributed by atoms with Gasteiger partial charge in [-0.15, -0.1) is 0 Å². The molecular weight excluding hydrogens is 446 g/mol. The molecule has 0 aliphatic carbocycles. The molecule has 32 heavy (non-hydrogen) atoms. The van der Waals surface area contributed by atoms with Crippen molar-refractivity contribution in [2.75, 3.05) is 25.5 Å². The number of benzene rings is 2. The highest BCUT2D eigenvalue weighted by Gasteiger charge is 2.23. The number of amides is 1. The summed E-state index contributed by atoms with van der Waals surface area (Å²) in [5.41, 5.74) is 1.25. The molecule has 0 atom stereocenters. The molecule has 1 amide bonds. The number of para-hydroxylation sites is 1. The van der Waals surface area contributed by atoms with Gasteiger partial charge in [0.25, 0.3) is 5.91 Å². The summed E-state index contributed by atoms with van der Waals surface area (Å²) in [7, 11) is -0.607. The number of carbonyl (C=O) groups excluding carboxylic acids is 1. The topological polar surface area (TPSA) is 88.4 Å². The maximum Gasteiger partial charge on any atom is 0.260 e. The molecule has 0 N–H and O–H groups in total. The van der Waals surface area contributed by atoms with E-state index in [9.17, 15) is 13.2 Å². The van der Waals surface area contributed by atoms with E-state index >= 15 is 0 Å². The van der Waals surface area contributed by atoms with Gasteiger partial charge in [-0.3, -0.25) is 9.69 Å². The average molecular weight is 470 g/mol. The lowest BCUT2D eigenvalue weighted by molar-refractivity contribution is 0.0986. The van der Waals surface area contributed by atoms with Crippen molar-refractivity contribution in [3.63, 3.8) is 0 Å². The van der Waals surface area contributed by atoms with Crippen LogP contribution in [-0.2, 0) is 16.6 Å². The lowest BCUT2D eigenvalue weighted by Gasteiger charge is -2.20. The van der Waals surface area contributed by atoms with Gasteiger partial charge >= 0.3 is 0 Å². The van der Waals surface area contributed by atoms with Gasteiger partial charge in [0.1, 0.15) is 0 Å². The Morgan fingerprint density at radius 3 is 2.50 bits per heavy atom. The number of rotatable bonds is 8. The summed E-state index contributed by atoms with van der Waals surface area (Å²) in [6.45, 7) is 1.18. The molecule has 4 aromatic rings. The standard InChI is InChI=1S/C22H23N5O3S2/c1-25(2)32(29,30)18-10-8-17(9-11-18)21(28)27(14-5-13-26-15-12-23-16-26)22-24-19-6-3-4-7-20(19)31-22/h3-4,6-12,15-16H,5,13-14H2,1-2H3. The summed E-state index contributed by atoms with van der Waals surface area (Å²) >= 11 is 1.46. The first kappa shape index (κ1) is 22.1. The fraction of sp³-hybridized carbons (Fsp3) is 0.227. The van der Waals surface area contributed by atoms with E-state index in [0.717, 1.165) is 14.5 Å². The molecule has 0 aliphatic rings. The Hall–Kier alpha value is -3.08. The van der Waals surface area contributed by atoms with E-state index in [1.165, 1.54) is 37.6 Å². The molecule has 0 saturated carbocycles. The third-order valence-electron chi connectivity index (χ3n) is 5.00. The number of aromatic nitrogens is 3. The molecule has 0 fully saturated rings. The highest BCUT2D eigenvalue weighted by atomic mass is 32.2. The number of hydrogen-bond donors (Lipinski definition) is 0. The number of anilines is 1. The number of carbonyl (C=O) groups is 1. The van der Waals surface area contributed by atoms with Crippen LogP contribution in [0.2, 0.25) is 0 Å². The maximum absolute atomic E-state index is 13.4. The second-order valence-electron chi connectivity index (χ2n) is 7.39. The number of fused-ring (bicyclic) bond motifs is 1. The summed E-state index contributed by atoms with van der Waals surface area (Å²) in [6, 6.07) is 13.8. The van der Waals surface area contributed by atoms with Crippen molar-refractivity contribution in [1.82, 2.24) is 18.8 Å². The fourth-order valence-corrected chi connectivity index (χ4v) is 5.12. The van der Waals surface area contributed by atoms with Gasteiger partial charge in [-0.05, 0) is 42.8 Å². The maximum atomic E-state index is 13.4. The van der Waals surface area contributed by atoms with Crippen molar-refractivity contribution in [3.8, 4) is 0 Å². The first-order valence-electron chi connectivity index (χ1n) is 10.0. The molecule has 2 aromatic heterocycles. The molecule has 0 saturated heterocycles. The van der Waals surface area contributed by atoms with Crippen LogP contribution in [0.5, 0.6) is 0 Å². The van der Waals surface area contributed by atoms with Crippen LogP contribution in [0, 0.1) is 0 Å². The zero-order valence-corrected chi connectivity index (χ0v) is 19.4. The Kier molecular flexibility index (Phi) is 6.35. The minimum Gasteiger partial charge on any atom is -0.337 e. The molecule has 0 unspecified atom stereocenters. The molecule has 8 nitrogen and oxygen atoms in total. The van der Waals surface area contributed by atoms with E-state index in [-0.39, 0.29) is 10.8 Å². The zero-order valence-electron chi connectivity index (χ0n) is 17.7. The van der Waals surface area contributed by atoms with Crippen LogP contribution in [0.1, 0.15) is 16.8 Å². The van der Waals surface area contributed by atoms with Gasteiger partial charge in [0.2, 0.25) is 10.0 Å². The van der Waals surface area contributed by atoms with E-state index in [0.29, 0.717) is 30.2 Å². The SMILES string of the molecule is CN(C)S(=O)(=O)c1ccc(C(=O)N(CCCn2ccnc2)c2nc3ccccc3s2)cc1. The van der Waals surface area contributed by atoms with Crippen LogP contribution in [0.4, 0.5) is 5.13 Å². The largest absolute Gasteiger partial charge is 0.337 e. The Morgan fingerprint density at radius 1 is 1.09 bits per heavy atom. The smallest absolute Gasteiger partial charge is 0.260 e. The minimum absolute atomic E-state index is 0.144. The Balaban J connectivity index is 1.61. The molecular formula is C22H23N5O3S2. The van der Waals surface area contributed by atoms with Gasteiger partial charge in [0.05, 0.1) is 21.4 Å². The average Bonchev–Trinajstić information content (AvgIpc) is 3.46. The summed E-state index contributed by atoms with van der Waals surface area (Å²) in [6.07, 6.45) is 6.06. The van der Waals surface area contributed by atoms with Crippen LogP contribution in [0.3, 0.4) is 0 Å². The van der Waals surface area contributed by atoms with Gasteiger partial charge in [0.15, 0.2) is 5.13 Å². The second-order valence-corrected chi connectivity index (χ2v) is 10.5. The first-order valence-corrected chi connectivity index (χ1v) is 12.3. The third-order valence-corrected chi connectivity index (χ3v) is 7.88. The van der Waals surface area contributed by atoms with Crippen LogP contribution in [-0.4, -0.2) is 53.8 Å². The molecule has 166 valence electrons. The van der Waals surface area contributed by atoms with Crippen LogP contribution in [0.15, 0.2) is 72.1 Å². The Bertz CT molecular complexity index is 1280. The molecule has 2 heterocycles. The van der Waals surface area contributed by atoms with Crippen molar-refractivity contribution in [2.45, 2.75) is 17.9 Å². The first-order chi connectivity index (χ1) is 15.4. The molecule has 10 heteroatoms. The van der Waals surface area contributed by atoms with Gasteiger partial charge in [-0.1, -0.05) is 23.5 Å². The number of nitrogens with zero attached hydrogens (tertiary/aromatic N) is 5.